The lowest BCUT2D eigenvalue weighted by atomic mass is 9.98. The van der Waals surface area contributed by atoms with Crippen molar-refractivity contribution in [1.82, 2.24) is 10.2 Å². The summed E-state index contributed by atoms with van der Waals surface area (Å²) in [6.45, 7) is 1.51. The quantitative estimate of drug-likeness (QED) is 0.896. The average Bonchev–Trinajstić information content (AvgIpc) is 3.14. The number of carboxylic acid groups (broad SMARTS) is 1. The predicted molar refractivity (Wildman–Crippen MR) is 82.8 cm³/mol. The lowest BCUT2D eigenvalue weighted by Gasteiger charge is -2.18. The maximum atomic E-state index is 12.1. The fourth-order valence-corrected chi connectivity index (χ4v) is 3.56. The van der Waals surface area contributed by atoms with Gasteiger partial charge in [-0.1, -0.05) is 24.3 Å². The molecule has 2 amide bonds. The summed E-state index contributed by atoms with van der Waals surface area (Å²) in [7, 11) is 0. The van der Waals surface area contributed by atoms with Crippen molar-refractivity contribution in [2.75, 3.05) is 19.6 Å². The van der Waals surface area contributed by atoms with Gasteiger partial charge in [0.1, 0.15) is 0 Å². The van der Waals surface area contributed by atoms with Gasteiger partial charge < -0.3 is 15.3 Å². The number of hydrogen-bond acceptors (Lipinski definition) is 2. The SMILES string of the molecule is O=C(O)C1CCN(C(=O)NCCC2CCc3ccccc32)C1. The normalized spacial score (nSPS) is 23.4. The van der Waals surface area contributed by atoms with Gasteiger partial charge in [0.25, 0.3) is 0 Å². The van der Waals surface area contributed by atoms with Crippen LogP contribution in [0.15, 0.2) is 24.3 Å². The van der Waals surface area contributed by atoms with Crippen molar-refractivity contribution in [2.45, 2.75) is 31.6 Å². The van der Waals surface area contributed by atoms with E-state index in [1.807, 2.05) is 0 Å². The first-order valence-electron chi connectivity index (χ1n) is 7.98. The van der Waals surface area contributed by atoms with E-state index < -0.39 is 11.9 Å². The first-order chi connectivity index (χ1) is 10.6. The van der Waals surface area contributed by atoms with Gasteiger partial charge in [0.15, 0.2) is 0 Å². The van der Waals surface area contributed by atoms with E-state index >= 15 is 0 Å². The molecule has 0 bridgehead atoms. The Kier molecular flexibility index (Phi) is 4.32. The summed E-state index contributed by atoms with van der Waals surface area (Å²) in [5, 5.41) is 11.9. The molecule has 3 rings (SSSR count). The smallest absolute Gasteiger partial charge is 0.317 e. The minimum Gasteiger partial charge on any atom is -0.481 e. The summed E-state index contributed by atoms with van der Waals surface area (Å²) in [5.41, 5.74) is 2.85. The third-order valence-corrected chi connectivity index (χ3v) is 4.85. The molecule has 0 saturated carbocycles. The number of fused-ring (bicyclic) bond motifs is 1. The third kappa shape index (κ3) is 3.08. The molecule has 1 aromatic rings. The Hall–Kier alpha value is -2.04. The minimum absolute atomic E-state index is 0.130. The van der Waals surface area contributed by atoms with Crippen LogP contribution in [0.1, 0.15) is 36.3 Å². The summed E-state index contributed by atoms with van der Waals surface area (Å²) < 4.78 is 0. The fourth-order valence-electron chi connectivity index (χ4n) is 3.56. The molecular formula is C17H22N2O3. The van der Waals surface area contributed by atoms with Crippen LogP contribution in [0.5, 0.6) is 0 Å². The number of aryl methyl sites for hydroxylation is 1. The van der Waals surface area contributed by atoms with E-state index in [1.54, 1.807) is 4.90 Å². The summed E-state index contributed by atoms with van der Waals surface area (Å²) in [5.74, 6) is -0.688. The number of rotatable bonds is 4. The van der Waals surface area contributed by atoms with E-state index in [0.29, 0.717) is 32.0 Å². The van der Waals surface area contributed by atoms with Gasteiger partial charge in [-0.25, -0.2) is 4.79 Å². The Morgan fingerprint density at radius 2 is 2.09 bits per heavy atom. The highest BCUT2D eigenvalue weighted by molar-refractivity contribution is 5.77. The Morgan fingerprint density at radius 3 is 2.86 bits per heavy atom. The van der Waals surface area contributed by atoms with Gasteiger partial charge in [0, 0.05) is 19.6 Å². The highest BCUT2D eigenvalue weighted by Crippen LogP contribution is 2.34. The van der Waals surface area contributed by atoms with Gasteiger partial charge in [-0.15, -0.1) is 0 Å². The molecule has 2 unspecified atom stereocenters. The van der Waals surface area contributed by atoms with Crippen molar-refractivity contribution in [3.63, 3.8) is 0 Å². The van der Waals surface area contributed by atoms with Gasteiger partial charge in [0.2, 0.25) is 0 Å². The zero-order valence-electron chi connectivity index (χ0n) is 12.6. The van der Waals surface area contributed by atoms with Crippen molar-refractivity contribution in [2.24, 2.45) is 5.92 Å². The van der Waals surface area contributed by atoms with Crippen LogP contribution in [0.3, 0.4) is 0 Å². The number of nitrogens with zero attached hydrogens (tertiary/aromatic N) is 1. The summed E-state index contributed by atoms with van der Waals surface area (Å²) in [6, 6.07) is 8.40. The molecule has 0 spiro atoms. The number of carbonyl (C=O) groups excluding carboxylic acids is 1. The Balaban J connectivity index is 1.44. The van der Waals surface area contributed by atoms with Crippen LogP contribution >= 0.6 is 0 Å². The molecule has 1 saturated heterocycles. The van der Waals surface area contributed by atoms with Crippen molar-refractivity contribution in [1.29, 1.82) is 0 Å². The topological polar surface area (TPSA) is 69.6 Å². The minimum atomic E-state index is -0.808. The van der Waals surface area contributed by atoms with Gasteiger partial charge in [0.05, 0.1) is 5.92 Å². The number of amides is 2. The van der Waals surface area contributed by atoms with Crippen LogP contribution in [-0.4, -0.2) is 41.6 Å². The molecular weight excluding hydrogens is 280 g/mol. The summed E-state index contributed by atoms with van der Waals surface area (Å²) in [4.78, 5) is 24.6. The highest BCUT2D eigenvalue weighted by atomic mass is 16.4. The van der Waals surface area contributed by atoms with E-state index in [0.717, 1.165) is 19.3 Å². The number of carboxylic acids is 1. The van der Waals surface area contributed by atoms with E-state index in [4.69, 9.17) is 5.11 Å². The molecule has 22 heavy (non-hydrogen) atoms. The van der Waals surface area contributed by atoms with Gasteiger partial charge in [-0.05, 0) is 42.7 Å². The second-order valence-electron chi connectivity index (χ2n) is 6.22. The van der Waals surface area contributed by atoms with Crippen molar-refractivity contribution in [3.8, 4) is 0 Å². The molecule has 1 heterocycles. The Morgan fingerprint density at radius 1 is 1.27 bits per heavy atom. The first-order valence-corrected chi connectivity index (χ1v) is 7.98. The van der Waals surface area contributed by atoms with E-state index in [9.17, 15) is 9.59 Å². The molecule has 5 nitrogen and oxygen atoms in total. The molecule has 1 aliphatic carbocycles. The Labute approximate surface area is 130 Å². The first kappa shape index (κ1) is 14.9. The third-order valence-electron chi connectivity index (χ3n) is 4.85. The largest absolute Gasteiger partial charge is 0.481 e. The molecule has 1 aliphatic heterocycles. The lowest BCUT2D eigenvalue weighted by molar-refractivity contribution is -0.141. The molecule has 0 aromatic heterocycles. The van der Waals surface area contributed by atoms with Crippen LogP contribution in [0.4, 0.5) is 4.79 Å². The number of likely N-dealkylation sites (tertiary alicyclic amines) is 1. The average molecular weight is 302 g/mol. The maximum Gasteiger partial charge on any atom is 0.317 e. The number of hydrogen-bond donors (Lipinski definition) is 2. The zero-order valence-corrected chi connectivity index (χ0v) is 12.6. The number of benzene rings is 1. The number of nitrogens with one attached hydrogen (secondary N) is 1. The van der Waals surface area contributed by atoms with E-state index in [1.165, 1.54) is 11.1 Å². The fraction of sp³-hybridized carbons (Fsp3) is 0.529. The number of carbonyl (C=O) groups is 2. The second-order valence-corrected chi connectivity index (χ2v) is 6.22. The number of aliphatic carboxylic acids is 1. The monoisotopic (exact) mass is 302 g/mol. The van der Waals surface area contributed by atoms with Crippen molar-refractivity contribution >= 4 is 12.0 Å². The summed E-state index contributed by atoms with van der Waals surface area (Å²) >= 11 is 0. The molecule has 5 heteroatoms. The van der Waals surface area contributed by atoms with Gasteiger partial charge in [-0.2, -0.15) is 0 Å². The zero-order chi connectivity index (χ0) is 15.5. The molecule has 2 aliphatic rings. The maximum absolute atomic E-state index is 12.1. The highest BCUT2D eigenvalue weighted by Gasteiger charge is 2.30. The summed E-state index contributed by atoms with van der Waals surface area (Å²) in [6.07, 6.45) is 3.78. The molecule has 1 fully saturated rings. The Bertz CT molecular complexity index is 573. The second kappa shape index (κ2) is 6.38. The molecule has 118 valence electrons. The molecule has 0 radical (unpaired) electrons. The van der Waals surface area contributed by atoms with Crippen molar-refractivity contribution < 1.29 is 14.7 Å². The van der Waals surface area contributed by atoms with Crippen LogP contribution in [0, 0.1) is 5.92 Å². The molecule has 2 atom stereocenters. The van der Waals surface area contributed by atoms with Crippen LogP contribution < -0.4 is 5.32 Å². The van der Waals surface area contributed by atoms with Crippen molar-refractivity contribution in [3.05, 3.63) is 35.4 Å². The van der Waals surface area contributed by atoms with E-state index in [-0.39, 0.29) is 6.03 Å². The van der Waals surface area contributed by atoms with Gasteiger partial charge in [-0.3, -0.25) is 4.79 Å². The molecule has 2 N–H and O–H groups in total. The van der Waals surface area contributed by atoms with E-state index in [2.05, 4.69) is 29.6 Å². The van der Waals surface area contributed by atoms with Crippen LogP contribution in [-0.2, 0) is 11.2 Å². The lowest BCUT2D eigenvalue weighted by Crippen LogP contribution is -2.39. The van der Waals surface area contributed by atoms with Gasteiger partial charge >= 0.3 is 12.0 Å². The van der Waals surface area contributed by atoms with Crippen LogP contribution in [0.25, 0.3) is 0 Å². The van der Waals surface area contributed by atoms with Crippen LogP contribution in [0.2, 0.25) is 0 Å². The number of urea groups is 1. The standard InChI is InChI=1S/C17H22N2O3/c20-16(21)14-8-10-19(11-14)17(22)18-9-7-13-6-5-12-3-1-2-4-15(12)13/h1-4,13-14H,5-11H2,(H,18,22)(H,20,21). The molecule has 1 aromatic carbocycles. The predicted octanol–water partition coefficient (Wildman–Crippen LogP) is 2.22.